The summed E-state index contributed by atoms with van der Waals surface area (Å²) in [6.45, 7) is 3.60. The summed E-state index contributed by atoms with van der Waals surface area (Å²) >= 11 is 0. The molecule has 1 amide bonds. The van der Waals surface area contributed by atoms with E-state index in [1.165, 1.54) is 0 Å². The maximum atomic E-state index is 12.2. The second-order valence-corrected chi connectivity index (χ2v) is 5.47. The normalized spacial score (nSPS) is 12.2. The SMILES string of the molecule is COc1ccc(C(C)=NNC(=O)C(C)Nc2ccccc2OC)cc1. The molecule has 0 aliphatic rings. The van der Waals surface area contributed by atoms with Gasteiger partial charge in [0.2, 0.25) is 0 Å². The Bertz CT molecular complexity index is 742. The zero-order chi connectivity index (χ0) is 18.2. The Labute approximate surface area is 147 Å². The summed E-state index contributed by atoms with van der Waals surface area (Å²) in [6, 6.07) is 14.4. The number of anilines is 1. The monoisotopic (exact) mass is 341 g/mol. The first-order valence-corrected chi connectivity index (χ1v) is 7.93. The number of para-hydroxylation sites is 2. The molecule has 0 aromatic heterocycles. The molecule has 1 unspecified atom stereocenters. The molecule has 2 aromatic rings. The molecule has 25 heavy (non-hydrogen) atoms. The molecule has 132 valence electrons. The Morgan fingerprint density at radius 1 is 1.04 bits per heavy atom. The Kier molecular flexibility index (Phi) is 6.39. The van der Waals surface area contributed by atoms with Gasteiger partial charge in [0.15, 0.2) is 0 Å². The number of carbonyl (C=O) groups excluding carboxylic acids is 1. The highest BCUT2D eigenvalue weighted by atomic mass is 16.5. The van der Waals surface area contributed by atoms with Gasteiger partial charge in [0.1, 0.15) is 17.5 Å². The smallest absolute Gasteiger partial charge is 0.262 e. The molecule has 6 heteroatoms. The summed E-state index contributed by atoms with van der Waals surface area (Å²) in [4.78, 5) is 12.2. The first-order valence-electron chi connectivity index (χ1n) is 7.93. The van der Waals surface area contributed by atoms with Gasteiger partial charge in [0, 0.05) is 0 Å². The predicted molar refractivity (Wildman–Crippen MR) is 99.4 cm³/mol. The largest absolute Gasteiger partial charge is 0.497 e. The molecule has 6 nitrogen and oxygen atoms in total. The third kappa shape index (κ3) is 4.97. The van der Waals surface area contributed by atoms with Crippen LogP contribution in [-0.2, 0) is 4.79 Å². The number of nitrogens with one attached hydrogen (secondary N) is 2. The van der Waals surface area contributed by atoms with Crippen molar-refractivity contribution in [1.82, 2.24) is 5.43 Å². The van der Waals surface area contributed by atoms with Gasteiger partial charge < -0.3 is 14.8 Å². The Morgan fingerprint density at radius 2 is 1.72 bits per heavy atom. The molecule has 0 heterocycles. The third-order valence-corrected chi connectivity index (χ3v) is 3.71. The van der Waals surface area contributed by atoms with E-state index in [9.17, 15) is 4.79 Å². The molecule has 0 aliphatic carbocycles. The van der Waals surface area contributed by atoms with Crippen LogP contribution in [0.25, 0.3) is 0 Å². The minimum Gasteiger partial charge on any atom is -0.497 e. The molecule has 0 saturated heterocycles. The predicted octanol–water partition coefficient (Wildman–Crippen LogP) is 3.04. The number of nitrogens with zero attached hydrogens (tertiary/aromatic N) is 1. The van der Waals surface area contributed by atoms with Gasteiger partial charge in [-0.2, -0.15) is 5.10 Å². The lowest BCUT2D eigenvalue weighted by atomic mass is 10.1. The lowest BCUT2D eigenvalue weighted by Gasteiger charge is -2.16. The minimum absolute atomic E-state index is 0.237. The van der Waals surface area contributed by atoms with Crippen molar-refractivity contribution >= 4 is 17.3 Å². The molecular formula is C19H23N3O3. The van der Waals surface area contributed by atoms with Gasteiger partial charge in [-0.15, -0.1) is 0 Å². The van der Waals surface area contributed by atoms with Gasteiger partial charge in [0.05, 0.1) is 25.6 Å². The fourth-order valence-electron chi connectivity index (χ4n) is 2.20. The summed E-state index contributed by atoms with van der Waals surface area (Å²) in [7, 11) is 3.21. The summed E-state index contributed by atoms with van der Waals surface area (Å²) in [5.41, 5.74) is 4.95. The fourth-order valence-corrected chi connectivity index (χ4v) is 2.20. The van der Waals surface area contributed by atoms with Crippen LogP contribution in [0, 0.1) is 0 Å². The number of rotatable bonds is 7. The van der Waals surface area contributed by atoms with Crippen molar-refractivity contribution in [2.75, 3.05) is 19.5 Å². The summed E-state index contributed by atoms with van der Waals surface area (Å²) < 4.78 is 10.4. The minimum atomic E-state index is -0.469. The molecule has 0 radical (unpaired) electrons. The third-order valence-electron chi connectivity index (χ3n) is 3.71. The highest BCUT2D eigenvalue weighted by Crippen LogP contribution is 2.23. The standard InChI is InChI=1S/C19H23N3O3/c1-13(15-9-11-16(24-3)12-10-15)21-22-19(23)14(2)20-17-7-5-6-8-18(17)25-4/h5-12,14,20H,1-4H3,(H,22,23). The van der Waals surface area contributed by atoms with Crippen LogP contribution in [-0.4, -0.2) is 31.9 Å². The number of benzene rings is 2. The van der Waals surface area contributed by atoms with Gasteiger partial charge in [-0.25, -0.2) is 5.43 Å². The fraction of sp³-hybridized carbons (Fsp3) is 0.263. The van der Waals surface area contributed by atoms with E-state index < -0.39 is 6.04 Å². The van der Waals surface area contributed by atoms with Gasteiger partial charge in [-0.3, -0.25) is 4.79 Å². The van der Waals surface area contributed by atoms with Crippen LogP contribution in [0.3, 0.4) is 0 Å². The first kappa shape index (κ1) is 18.3. The zero-order valence-electron chi connectivity index (χ0n) is 14.9. The number of amides is 1. The summed E-state index contributed by atoms with van der Waals surface area (Å²) in [6.07, 6.45) is 0. The zero-order valence-corrected chi connectivity index (χ0v) is 14.9. The Hall–Kier alpha value is -3.02. The first-order chi connectivity index (χ1) is 12.0. The van der Waals surface area contributed by atoms with E-state index >= 15 is 0 Å². The molecule has 2 rings (SSSR count). The molecule has 2 N–H and O–H groups in total. The van der Waals surface area contributed by atoms with Crippen molar-refractivity contribution in [2.24, 2.45) is 5.10 Å². The van der Waals surface area contributed by atoms with E-state index in [1.54, 1.807) is 21.1 Å². The molecule has 1 atom stereocenters. The molecule has 0 bridgehead atoms. The lowest BCUT2D eigenvalue weighted by Crippen LogP contribution is -2.35. The van der Waals surface area contributed by atoms with Gasteiger partial charge in [-0.05, 0) is 55.8 Å². The van der Waals surface area contributed by atoms with E-state index in [2.05, 4.69) is 15.8 Å². The number of carbonyl (C=O) groups is 1. The maximum Gasteiger partial charge on any atom is 0.262 e. The van der Waals surface area contributed by atoms with Crippen LogP contribution in [0.2, 0.25) is 0 Å². The van der Waals surface area contributed by atoms with E-state index in [0.717, 1.165) is 17.0 Å². The number of hydrogen-bond donors (Lipinski definition) is 2. The van der Waals surface area contributed by atoms with Gasteiger partial charge >= 0.3 is 0 Å². The summed E-state index contributed by atoms with van der Waals surface area (Å²) in [5.74, 6) is 1.22. The topological polar surface area (TPSA) is 72.0 Å². The van der Waals surface area contributed by atoms with Crippen molar-refractivity contribution in [2.45, 2.75) is 19.9 Å². The number of hydrazone groups is 1. The van der Waals surface area contributed by atoms with Crippen LogP contribution < -0.4 is 20.2 Å². The van der Waals surface area contributed by atoms with Crippen molar-refractivity contribution in [1.29, 1.82) is 0 Å². The van der Waals surface area contributed by atoms with Crippen LogP contribution >= 0.6 is 0 Å². The van der Waals surface area contributed by atoms with E-state index in [0.29, 0.717) is 11.5 Å². The van der Waals surface area contributed by atoms with Crippen LogP contribution in [0.15, 0.2) is 53.6 Å². The van der Waals surface area contributed by atoms with Crippen LogP contribution in [0.1, 0.15) is 19.4 Å². The van der Waals surface area contributed by atoms with Crippen LogP contribution in [0.5, 0.6) is 11.5 Å². The second-order valence-electron chi connectivity index (χ2n) is 5.47. The highest BCUT2D eigenvalue weighted by Gasteiger charge is 2.14. The lowest BCUT2D eigenvalue weighted by molar-refractivity contribution is -0.121. The number of ether oxygens (including phenoxy) is 2. The van der Waals surface area contributed by atoms with Gasteiger partial charge in [0.25, 0.3) is 5.91 Å². The summed E-state index contributed by atoms with van der Waals surface area (Å²) in [5, 5.41) is 7.28. The molecule has 0 fully saturated rings. The van der Waals surface area contributed by atoms with Gasteiger partial charge in [-0.1, -0.05) is 12.1 Å². The highest BCUT2D eigenvalue weighted by molar-refractivity contribution is 5.99. The quantitative estimate of drug-likeness (QED) is 0.600. The second kappa shape index (κ2) is 8.73. The van der Waals surface area contributed by atoms with Crippen molar-refractivity contribution in [3.05, 3.63) is 54.1 Å². The average Bonchev–Trinajstić information content (AvgIpc) is 2.66. The number of hydrogen-bond acceptors (Lipinski definition) is 5. The van der Waals surface area contributed by atoms with E-state index in [-0.39, 0.29) is 5.91 Å². The maximum absolute atomic E-state index is 12.2. The van der Waals surface area contributed by atoms with E-state index in [4.69, 9.17) is 9.47 Å². The molecule has 0 aliphatic heterocycles. The molecule has 2 aromatic carbocycles. The van der Waals surface area contributed by atoms with Crippen LogP contribution in [0.4, 0.5) is 5.69 Å². The molecule has 0 saturated carbocycles. The van der Waals surface area contributed by atoms with Crippen molar-refractivity contribution in [3.8, 4) is 11.5 Å². The number of methoxy groups -OCH3 is 2. The van der Waals surface area contributed by atoms with Crippen molar-refractivity contribution in [3.63, 3.8) is 0 Å². The van der Waals surface area contributed by atoms with E-state index in [1.807, 2.05) is 55.5 Å². The molecule has 0 spiro atoms. The average molecular weight is 341 g/mol. The molecular weight excluding hydrogens is 318 g/mol. The van der Waals surface area contributed by atoms with Crippen molar-refractivity contribution < 1.29 is 14.3 Å². The Balaban J connectivity index is 1.97. The Morgan fingerprint density at radius 3 is 2.36 bits per heavy atom.